The van der Waals surface area contributed by atoms with Crippen molar-refractivity contribution in [2.24, 2.45) is 0 Å². The number of Topliss-reactive ketones (excluding diaryl/α,β-unsaturated/α-hetero) is 1. The molecule has 0 saturated heterocycles. The first-order chi connectivity index (χ1) is 8.29. The van der Waals surface area contributed by atoms with Crippen molar-refractivity contribution < 1.29 is 9.53 Å². The van der Waals surface area contributed by atoms with Crippen molar-refractivity contribution in [2.75, 3.05) is 19.7 Å². The van der Waals surface area contributed by atoms with Crippen LogP contribution in [0.2, 0.25) is 0 Å². The predicted octanol–water partition coefficient (Wildman–Crippen LogP) is 1.73. The highest BCUT2D eigenvalue weighted by Gasteiger charge is 2.12. The molecule has 3 nitrogen and oxygen atoms in total. The maximum Gasteiger partial charge on any atom is 0.146 e. The van der Waals surface area contributed by atoms with Gasteiger partial charge in [0.15, 0.2) is 0 Å². The zero-order valence-electron chi connectivity index (χ0n) is 10.3. The van der Waals surface area contributed by atoms with E-state index in [9.17, 15) is 4.79 Å². The van der Waals surface area contributed by atoms with Gasteiger partial charge in [-0.05, 0) is 30.2 Å². The molecular weight excluding hydrogens is 214 g/mol. The van der Waals surface area contributed by atoms with Crippen LogP contribution in [0.1, 0.15) is 24.5 Å². The van der Waals surface area contributed by atoms with Crippen LogP contribution in [0.25, 0.3) is 0 Å². The zero-order chi connectivity index (χ0) is 12.1. The number of ketones is 1. The quantitative estimate of drug-likeness (QED) is 0.813. The second kappa shape index (κ2) is 5.82. The van der Waals surface area contributed by atoms with Crippen molar-refractivity contribution in [1.29, 1.82) is 0 Å². The Balaban J connectivity index is 1.85. The van der Waals surface area contributed by atoms with E-state index in [0.717, 1.165) is 31.7 Å². The molecule has 2 rings (SSSR count). The lowest BCUT2D eigenvalue weighted by molar-refractivity contribution is -0.118. The first kappa shape index (κ1) is 12.1. The van der Waals surface area contributed by atoms with Gasteiger partial charge in [0.1, 0.15) is 11.5 Å². The van der Waals surface area contributed by atoms with Crippen molar-refractivity contribution in [2.45, 2.75) is 26.2 Å². The number of hydrogen-bond acceptors (Lipinski definition) is 3. The molecule has 0 amide bonds. The average Bonchev–Trinajstić information content (AvgIpc) is 2.81. The van der Waals surface area contributed by atoms with Crippen LogP contribution in [0.4, 0.5) is 0 Å². The Morgan fingerprint density at radius 2 is 2.35 bits per heavy atom. The molecule has 0 aliphatic carbocycles. The van der Waals surface area contributed by atoms with Crippen LogP contribution in [0.3, 0.4) is 0 Å². The number of benzene rings is 1. The Labute approximate surface area is 102 Å². The van der Waals surface area contributed by atoms with Crippen LogP contribution in [-0.4, -0.2) is 25.5 Å². The summed E-state index contributed by atoms with van der Waals surface area (Å²) >= 11 is 0. The summed E-state index contributed by atoms with van der Waals surface area (Å²) in [6, 6.07) is 6.25. The van der Waals surface area contributed by atoms with Gasteiger partial charge in [-0.15, -0.1) is 0 Å². The van der Waals surface area contributed by atoms with Crippen molar-refractivity contribution >= 4 is 5.78 Å². The van der Waals surface area contributed by atoms with Crippen molar-refractivity contribution in [3.05, 3.63) is 29.3 Å². The second-order valence-electron chi connectivity index (χ2n) is 4.36. The van der Waals surface area contributed by atoms with Crippen LogP contribution < -0.4 is 10.1 Å². The van der Waals surface area contributed by atoms with Gasteiger partial charge in [-0.1, -0.05) is 19.1 Å². The number of nitrogens with one attached hydrogen (secondary N) is 1. The summed E-state index contributed by atoms with van der Waals surface area (Å²) in [5, 5.41) is 3.06. The van der Waals surface area contributed by atoms with E-state index in [1.165, 1.54) is 11.1 Å². The molecular formula is C14H19NO2. The smallest absolute Gasteiger partial charge is 0.146 e. The lowest BCUT2D eigenvalue weighted by atomic mass is 10.0. The fourth-order valence-corrected chi connectivity index (χ4v) is 2.03. The number of aryl methyl sites for hydroxylation is 1. The fourth-order valence-electron chi connectivity index (χ4n) is 2.03. The molecule has 0 fully saturated rings. The second-order valence-corrected chi connectivity index (χ2v) is 4.36. The number of rotatable bonds is 6. The average molecular weight is 233 g/mol. The first-order valence-corrected chi connectivity index (χ1v) is 6.26. The molecule has 0 unspecified atom stereocenters. The van der Waals surface area contributed by atoms with Gasteiger partial charge in [-0.3, -0.25) is 4.79 Å². The molecule has 1 aromatic rings. The van der Waals surface area contributed by atoms with Crippen LogP contribution in [0.5, 0.6) is 5.75 Å². The van der Waals surface area contributed by atoms with Gasteiger partial charge in [-0.2, -0.15) is 0 Å². The highest BCUT2D eigenvalue weighted by Crippen LogP contribution is 2.26. The number of carbonyl (C=O) groups is 1. The minimum Gasteiger partial charge on any atom is -0.493 e. The Bertz CT molecular complexity index is 401. The van der Waals surface area contributed by atoms with Crippen LogP contribution >= 0.6 is 0 Å². The third kappa shape index (κ3) is 3.30. The van der Waals surface area contributed by atoms with E-state index in [1.54, 1.807) is 0 Å². The Kier molecular flexibility index (Phi) is 4.15. The molecule has 0 atom stereocenters. The van der Waals surface area contributed by atoms with Gasteiger partial charge in [0.05, 0.1) is 13.2 Å². The lowest BCUT2D eigenvalue weighted by Crippen LogP contribution is -2.22. The van der Waals surface area contributed by atoms with E-state index in [-0.39, 0.29) is 5.78 Å². The molecule has 0 saturated carbocycles. The third-order valence-corrected chi connectivity index (χ3v) is 3.02. The zero-order valence-corrected chi connectivity index (χ0v) is 10.3. The van der Waals surface area contributed by atoms with E-state index in [2.05, 4.69) is 17.4 Å². The summed E-state index contributed by atoms with van der Waals surface area (Å²) in [7, 11) is 0. The lowest BCUT2D eigenvalue weighted by Gasteiger charge is -2.04. The molecule has 1 heterocycles. The van der Waals surface area contributed by atoms with Crippen molar-refractivity contribution in [3.63, 3.8) is 0 Å². The minimum absolute atomic E-state index is 0.281. The Hall–Kier alpha value is -1.35. The van der Waals surface area contributed by atoms with Crippen molar-refractivity contribution in [1.82, 2.24) is 5.32 Å². The van der Waals surface area contributed by atoms with Crippen LogP contribution in [-0.2, 0) is 17.6 Å². The van der Waals surface area contributed by atoms with Gasteiger partial charge >= 0.3 is 0 Å². The normalized spacial score (nSPS) is 13.2. The van der Waals surface area contributed by atoms with Crippen LogP contribution in [0, 0.1) is 0 Å². The van der Waals surface area contributed by atoms with Gasteiger partial charge < -0.3 is 10.1 Å². The van der Waals surface area contributed by atoms with E-state index in [1.807, 2.05) is 13.0 Å². The van der Waals surface area contributed by atoms with Gasteiger partial charge in [-0.25, -0.2) is 0 Å². The summed E-state index contributed by atoms with van der Waals surface area (Å²) in [6.45, 7) is 4.14. The molecule has 1 aliphatic rings. The maximum atomic E-state index is 11.5. The monoisotopic (exact) mass is 233 g/mol. The van der Waals surface area contributed by atoms with Gasteiger partial charge in [0, 0.05) is 12.8 Å². The highest BCUT2D eigenvalue weighted by molar-refractivity contribution is 5.80. The molecule has 3 heteroatoms. The molecule has 1 aromatic carbocycles. The molecule has 0 spiro atoms. The number of fused-ring (bicyclic) bond motifs is 1. The summed E-state index contributed by atoms with van der Waals surface area (Å²) in [4.78, 5) is 11.5. The number of ether oxygens (including phenoxy) is 1. The Morgan fingerprint density at radius 3 is 3.18 bits per heavy atom. The summed E-state index contributed by atoms with van der Waals surface area (Å²) in [6.07, 6.45) is 2.44. The fraction of sp³-hybridized carbons (Fsp3) is 0.500. The van der Waals surface area contributed by atoms with Crippen LogP contribution in [0.15, 0.2) is 18.2 Å². The topological polar surface area (TPSA) is 38.3 Å². The Morgan fingerprint density at radius 1 is 1.47 bits per heavy atom. The molecule has 92 valence electrons. The molecule has 1 aliphatic heterocycles. The molecule has 17 heavy (non-hydrogen) atoms. The van der Waals surface area contributed by atoms with E-state index >= 15 is 0 Å². The third-order valence-electron chi connectivity index (χ3n) is 3.02. The SMILES string of the molecule is CCNCC(=O)CCc1ccc2c(c1)CCO2. The maximum absolute atomic E-state index is 11.5. The van der Waals surface area contributed by atoms with Gasteiger partial charge in [0.2, 0.25) is 0 Å². The minimum atomic E-state index is 0.281. The van der Waals surface area contributed by atoms with Gasteiger partial charge in [0.25, 0.3) is 0 Å². The first-order valence-electron chi connectivity index (χ1n) is 6.26. The van der Waals surface area contributed by atoms with Crippen molar-refractivity contribution in [3.8, 4) is 5.75 Å². The largest absolute Gasteiger partial charge is 0.493 e. The molecule has 0 radical (unpaired) electrons. The standard InChI is InChI=1S/C14H19NO2/c1-2-15-10-13(16)5-3-11-4-6-14-12(9-11)7-8-17-14/h4,6,9,15H,2-3,5,7-8,10H2,1H3. The van der Waals surface area contributed by atoms with E-state index < -0.39 is 0 Å². The predicted molar refractivity (Wildman–Crippen MR) is 67.5 cm³/mol. The molecule has 0 bridgehead atoms. The molecule has 1 N–H and O–H groups in total. The van der Waals surface area contributed by atoms with E-state index in [4.69, 9.17) is 4.74 Å². The summed E-state index contributed by atoms with van der Waals surface area (Å²) in [5.41, 5.74) is 2.51. The summed E-state index contributed by atoms with van der Waals surface area (Å²) in [5.74, 6) is 1.29. The number of likely N-dealkylation sites (N-methyl/N-ethyl adjacent to an activating group) is 1. The highest BCUT2D eigenvalue weighted by atomic mass is 16.5. The number of hydrogen-bond donors (Lipinski definition) is 1. The number of carbonyl (C=O) groups excluding carboxylic acids is 1. The van der Waals surface area contributed by atoms with E-state index in [0.29, 0.717) is 13.0 Å². The molecule has 0 aromatic heterocycles. The summed E-state index contributed by atoms with van der Waals surface area (Å²) < 4.78 is 5.46.